The van der Waals surface area contributed by atoms with Crippen LogP contribution in [0.4, 0.5) is 5.69 Å². The summed E-state index contributed by atoms with van der Waals surface area (Å²) in [5.41, 5.74) is 1.96. The third-order valence-electron chi connectivity index (χ3n) is 4.58. The number of rotatable bonds is 7. The van der Waals surface area contributed by atoms with Gasteiger partial charge < -0.3 is 20.7 Å². The number of methoxy groups -OCH3 is 1. The Kier molecular flexibility index (Phi) is 6.26. The van der Waals surface area contributed by atoms with Crippen molar-refractivity contribution >= 4 is 23.4 Å². The summed E-state index contributed by atoms with van der Waals surface area (Å²) in [6.07, 6.45) is 1.06. The van der Waals surface area contributed by atoms with Gasteiger partial charge in [-0.1, -0.05) is 24.3 Å². The first-order valence-electron chi connectivity index (χ1n) is 9.17. The van der Waals surface area contributed by atoms with E-state index >= 15 is 0 Å². The summed E-state index contributed by atoms with van der Waals surface area (Å²) in [5, 5.41) is 8.27. The molecule has 2 aromatic rings. The molecule has 1 aliphatic heterocycles. The van der Waals surface area contributed by atoms with Crippen LogP contribution in [0.2, 0.25) is 0 Å². The summed E-state index contributed by atoms with van der Waals surface area (Å²) >= 11 is 0. The molecule has 3 N–H and O–H groups in total. The van der Waals surface area contributed by atoms with Gasteiger partial charge in [0.25, 0.3) is 5.91 Å². The third-order valence-corrected chi connectivity index (χ3v) is 4.58. The zero-order chi connectivity index (χ0) is 19.9. The molecular formula is C21H23N3O4. The van der Waals surface area contributed by atoms with E-state index in [2.05, 4.69) is 16.0 Å². The molecule has 0 saturated heterocycles. The van der Waals surface area contributed by atoms with Crippen LogP contribution in [0.15, 0.2) is 48.5 Å². The Morgan fingerprint density at radius 3 is 2.79 bits per heavy atom. The molecule has 0 radical (unpaired) electrons. The number of para-hydroxylation sites is 1. The van der Waals surface area contributed by atoms with Crippen molar-refractivity contribution in [2.24, 2.45) is 0 Å². The van der Waals surface area contributed by atoms with Crippen LogP contribution in [0.25, 0.3) is 0 Å². The molecule has 7 nitrogen and oxygen atoms in total. The lowest BCUT2D eigenvalue weighted by atomic mass is 10.1. The smallest absolute Gasteiger partial charge is 0.254 e. The molecule has 0 aromatic heterocycles. The van der Waals surface area contributed by atoms with E-state index in [1.165, 1.54) is 0 Å². The van der Waals surface area contributed by atoms with Crippen molar-refractivity contribution in [3.05, 3.63) is 59.7 Å². The molecule has 0 fully saturated rings. The lowest BCUT2D eigenvalue weighted by Crippen LogP contribution is -2.42. The monoisotopic (exact) mass is 381 g/mol. The Hall–Kier alpha value is -3.35. The van der Waals surface area contributed by atoms with E-state index < -0.39 is 6.04 Å². The van der Waals surface area contributed by atoms with Gasteiger partial charge in [0.05, 0.1) is 18.4 Å². The Balaban J connectivity index is 1.46. The summed E-state index contributed by atoms with van der Waals surface area (Å²) < 4.78 is 5.18. The number of hydrogen-bond donors (Lipinski definition) is 3. The highest BCUT2D eigenvalue weighted by Gasteiger charge is 2.27. The van der Waals surface area contributed by atoms with E-state index in [0.717, 1.165) is 11.3 Å². The van der Waals surface area contributed by atoms with E-state index in [1.54, 1.807) is 31.4 Å². The lowest BCUT2D eigenvalue weighted by molar-refractivity contribution is -0.121. The number of benzene rings is 2. The Morgan fingerprint density at radius 1 is 1.14 bits per heavy atom. The maximum Gasteiger partial charge on any atom is 0.254 e. The van der Waals surface area contributed by atoms with Gasteiger partial charge in [-0.3, -0.25) is 14.4 Å². The van der Waals surface area contributed by atoms with E-state index in [-0.39, 0.29) is 30.6 Å². The number of hydrogen-bond acceptors (Lipinski definition) is 4. The van der Waals surface area contributed by atoms with Gasteiger partial charge in [-0.05, 0) is 42.7 Å². The predicted octanol–water partition coefficient (Wildman–Crippen LogP) is 1.88. The summed E-state index contributed by atoms with van der Waals surface area (Å²) in [6, 6.07) is 13.7. The van der Waals surface area contributed by atoms with Crippen LogP contribution >= 0.6 is 0 Å². The summed E-state index contributed by atoms with van der Waals surface area (Å²) in [7, 11) is 1.61. The van der Waals surface area contributed by atoms with Gasteiger partial charge in [-0.2, -0.15) is 0 Å². The maximum atomic E-state index is 12.3. The highest BCUT2D eigenvalue weighted by Crippen LogP contribution is 2.19. The first kappa shape index (κ1) is 19.4. The molecule has 7 heteroatoms. The summed E-state index contributed by atoms with van der Waals surface area (Å²) in [6.45, 7) is 0.487. The molecule has 3 amide bonds. The van der Waals surface area contributed by atoms with Gasteiger partial charge in [-0.15, -0.1) is 0 Å². The van der Waals surface area contributed by atoms with Gasteiger partial charge >= 0.3 is 0 Å². The molecule has 146 valence electrons. The van der Waals surface area contributed by atoms with E-state index in [1.807, 2.05) is 24.3 Å². The second-order valence-corrected chi connectivity index (χ2v) is 6.55. The fourth-order valence-corrected chi connectivity index (χ4v) is 3.05. The van der Waals surface area contributed by atoms with E-state index in [0.29, 0.717) is 24.2 Å². The average Bonchev–Trinajstić information content (AvgIpc) is 2.82. The number of carbonyl (C=O) groups is 3. The molecule has 1 atom stereocenters. The molecule has 0 saturated carbocycles. The van der Waals surface area contributed by atoms with Crippen LogP contribution in [0.1, 0.15) is 28.8 Å². The summed E-state index contributed by atoms with van der Waals surface area (Å²) in [5.74, 6) is -0.0217. The molecule has 2 aromatic carbocycles. The molecule has 0 aliphatic carbocycles. The van der Waals surface area contributed by atoms with Gasteiger partial charge in [0.15, 0.2) is 0 Å². The van der Waals surface area contributed by atoms with E-state index in [4.69, 9.17) is 4.74 Å². The number of anilines is 1. The van der Waals surface area contributed by atoms with Gasteiger partial charge in [0.2, 0.25) is 11.8 Å². The molecule has 1 unspecified atom stereocenters. The zero-order valence-corrected chi connectivity index (χ0v) is 15.7. The van der Waals surface area contributed by atoms with Gasteiger partial charge in [0, 0.05) is 13.0 Å². The SMILES string of the molecule is COc1cccc(CCNC(=O)CCC2NC(=O)c3ccccc3NC2=O)c1. The van der Waals surface area contributed by atoms with Crippen molar-refractivity contribution < 1.29 is 19.1 Å². The fraction of sp³-hybridized carbons (Fsp3) is 0.286. The molecule has 28 heavy (non-hydrogen) atoms. The molecular weight excluding hydrogens is 358 g/mol. The third kappa shape index (κ3) is 4.88. The number of fused-ring (bicyclic) bond motifs is 1. The van der Waals surface area contributed by atoms with Crippen molar-refractivity contribution in [1.82, 2.24) is 10.6 Å². The largest absolute Gasteiger partial charge is 0.497 e. The molecule has 1 aliphatic rings. The number of ether oxygens (including phenoxy) is 1. The highest BCUT2D eigenvalue weighted by atomic mass is 16.5. The van der Waals surface area contributed by atoms with E-state index in [9.17, 15) is 14.4 Å². The van der Waals surface area contributed by atoms with Crippen LogP contribution < -0.4 is 20.7 Å². The second kappa shape index (κ2) is 9.03. The highest BCUT2D eigenvalue weighted by molar-refractivity contribution is 6.09. The van der Waals surface area contributed by atoms with Crippen molar-refractivity contribution in [3.63, 3.8) is 0 Å². The van der Waals surface area contributed by atoms with Crippen LogP contribution in [0.3, 0.4) is 0 Å². The predicted molar refractivity (Wildman–Crippen MR) is 105 cm³/mol. The molecule has 3 rings (SSSR count). The molecule has 0 spiro atoms. The molecule has 0 bridgehead atoms. The van der Waals surface area contributed by atoms with Crippen LogP contribution in [-0.4, -0.2) is 37.4 Å². The van der Waals surface area contributed by atoms with Crippen LogP contribution in [-0.2, 0) is 16.0 Å². The first-order chi connectivity index (χ1) is 13.6. The number of carbonyl (C=O) groups excluding carboxylic acids is 3. The van der Waals surface area contributed by atoms with Crippen molar-refractivity contribution in [3.8, 4) is 5.75 Å². The van der Waals surface area contributed by atoms with Crippen LogP contribution in [0.5, 0.6) is 5.75 Å². The van der Waals surface area contributed by atoms with Crippen molar-refractivity contribution in [1.29, 1.82) is 0 Å². The maximum absolute atomic E-state index is 12.3. The number of nitrogens with one attached hydrogen (secondary N) is 3. The van der Waals surface area contributed by atoms with Gasteiger partial charge in [-0.25, -0.2) is 0 Å². The van der Waals surface area contributed by atoms with Gasteiger partial charge in [0.1, 0.15) is 11.8 Å². The minimum atomic E-state index is -0.746. The minimum Gasteiger partial charge on any atom is -0.497 e. The number of amides is 3. The minimum absolute atomic E-state index is 0.146. The molecule has 1 heterocycles. The Morgan fingerprint density at radius 2 is 1.96 bits per heavy atom. The first-order valence-corrected chi connectivity index (χ1v) is 9.17. The van der Waals surface area contributed by atoms with Crippen LogP contribution in [0, 0.1) is 0 Å². The zero-order valence-electron chi connectivity index (χ0n) is 15.7. The normalized spacial score (nSPS) is 15.7. The summed E-state index contributed by atoms with van der Waals surface area (Å²) in [4.78, 5) is 36.7. The Bertz CT molecular complexity index is 881. The van der Waals surface area contributed by atoms with Crippen molar-refractivity contribution in [2.75, 3.05) is 19.0 Å². The Labute approximate surface area is 163 Å². The van der Waals surface area contributed by atoms with Crippen molar-refractivity contribution in [2.45, 2.75) is 25.3 Å². The fourth-order valence-electron chi connectivity index (χ4n) is 3.05. The lowest BCUT2D eigenvalue weighted by Gasteiger charge is -2.14. The topological polar surface area (TPSA) is 96.5 Å². The quantitative estimate of drug-likeness (QED) is 0.682. The second-order valence-electron chi connectivity index (χ2n) is 6.55. The average molecular weight is 381 g/mol. The standard InChI is InChI=1S/C21H23N3O4/c1-28-15-6-4-5-14(13-15)11-12-22-19(25)10-9-18-21(27)23-17-8-3-2-7-16(17)20(26)24-18/h2-8,13,18H,9-12H2,1H3,(H,22,25)(H,23,27)(H,24,26).